The first-order valence-electron chi connectivity index (χ1n) is 6.21. The van der Waals surface area contributed by atoms with Gasteiger partial charge in [0.25, 0.3) is 0 Å². The Kier molecular flexibility index (Phi) is 4.27. The Balaban J connectivity index is 2.31. The predicted molar refractivity (Wildman–Crippen MR) is 77.5 cm³/mol. The van der Waals surface area contributed by atoms with E-state index in [0.717, 1.165) is 23.1 Å². The van der Waals surface area contributed by atoms with Crippen LogP contribution in [0, 0.1) is 0 Å². The minimum atomic E-state index is -0.157. The van der Waals surface area contributed by atoms with E-state index in [9.17, 15) is 9.59 Å². The molecule has 102 valence electrons. The number of aldehydes is 1. The Morgan fingerprint density at radius 2 is 1.80 bits per heavy atom. The molecule has 0 spiro atoms. The summed E-state index contributed by atoms with van der Waals surface area (Å²) in [6.07, 6.45) is 0.737. The molecular weight excluding hydrogens is 254 g/mol. The molecule has 4 nitrogen and oxygen atoms in total. The molecule has 0 radical (unpaired) electrons. The van der Waals surface area contributed by atoms with Gasteiger partial charge in [-0.2, -0.15) is 0 Å². The number of rotatable bonds is 4. The second-order valence-electron chi connectivity index (χ2n) is 4.45. The van der Waals surface area contributed by atoms with Crippen molar-refractivity contribution in [3.8, 4) is 11.1 Å². The average Bonchev–Trinajstić information content (AvgIpc) is 2.46. The topological polar surface area (TPSA) is 66.4 Å². The van der Waals surface area contributed by atoms with Crippen LogP contribution in [0.2, 0.25) is 0 Å². The number of benzene rings is 2. The van der Waals surface area contributed by atoms with Crippen LogP contribution < -0.4 is 5.32 Å². The van der Waals surface area contributed by atoms with Crippen molar-refractivity contribution in [3.63, 3.8) is 0 Å². The molecule has 20 heavy (non-hydrogen) atoms. The van der Waals surface area contributed by atoms with Gasteiger partial charge < -0.3 is 10.4 Å². The lowest BCUT2D eigenvalue weighted by molar-refractivity contribution is -0.114. The molecule has 0 atom stereocenters. The van der Waals surface area contributed by atoms with Crippen molar-refractivity contribution in [2.45, 2.75) is 13.5 Å². The molecule has 0 fully saturated rings. The Morgan fingerprint density at radius 1 is 1.15 bits per heavy atom. The van der Waals surface area contributed by atoms with Gasteiger partial charge in [-0.05, 0) is 34.9 Å². The average molecular weight is 269 g/mol. The van der Waals surface area contributed by atoms with Crippen molar-refractivity contribution in [1.82, 2.24) is 0 Å². The van der Waals surface area contributed by atoms with Crippen molar-refractivity contribution >= 4 is 17.9 Å². The summed E-state index contributed by atoms with van der Waals surface area (Å²) in [6, 6.07) is 12.7. The number of carbonyl (C=O) groups excluding carboxylic acids is 2. The summed E-state index contributed by atoms with van der Waals surface area (Å²) in [7, 11) is 0. The lowest BCUT2D eigenvalue weighted by Crippen LogP contribution is -2.05. The summed E-state index contributed by atoms with van der Waals surface area (Å²) >= 11 is 0. The van der Waals surface area contributed by atoms with E-state index in [4.69, 9.17) is 5.11 Å². The molecule has 0 heterocycles. The first kappa shape index (κ1) is 14.0. The maximum absolute atomic E-state index is 11.0. The van der Waals surface area contributed by atoms with Crippen LogP contribution in [0.3, 0.4) is 0 Å². The van der Waals surface area contributed by atoms with Gasteiger partial charge in [-0.1, -0.05) is 24.3 Å². The van der Waals surface area contributed by atoms with Crippen LogP contribution in [0.5, 0.6) is 0 Å². The highest BCUT2D eigenvalue weighted by Gasteiger charge is 2.04. The van der Waals surface area contributed by atoms with E-state index in [1.54, 1.807) is 24.3 Å². The van der Waals surface area contributed by atoms with E-state index in [-0.39, 0.29) is 12.5 Å². The smallest absolute Gasteiger partial charge is 0.221 e. The number of aliphatic hydroxyl groups excluding tert-OH is 1. The first-order chi connectivity index (χ1) is 9.63. The lowest BCUT2D eigenvalue weighted by Gasteiger charge is -2.07. The highest BCUT2D eigenvalue weighted by molar-refractivity contribution is 5.89. The molecule has 4 heteroatoms. The monoisotopic (exact) mass is 269 g/mol. The molecular formula is C16H15NO3. The lowest BCUT2D eigenvalue weighted by atomic mass is 10.00. The molecule has 0 aliphatic rings. The molecule has 0 saturated carbocycles. The third-order valence-electron chi connectivity index (χ3n) is 2.98. The van der Waals surface area contributed by atoms with Gasteiger partial charge in [-0.25, -0.2) is 0 Å². The predicted octanol–water partition coefficient (Wildman–Crippen LogP) is 2.62. The summed E-state index contributed by atoms with van der Waals surface area (Å²) in [4.78, 5) is 21.9. The van der Waals surface area contributed by atoms with Gasteiger partial charge in [-0.15, -0.1) is 0 Å². The Morgan fingerprint density at radius 3 is 2.35 bits per heavy atom. The van der Waals surface area contributed by atoms with Crippen LogP contribution in [-0.2, 0) is 11.4 Å². The van der Waals surface area contributed by atoms with Crippen LogP contribution in [-0.4, -0.2) is 17.3 Å². The third kappa shape index (κ3) is 3.10. The Hall–Kier alpha value is -2.46. The summed E-state index contributed by atoms with van der Waals surface area (Å²) < 4.78 is 0. The molecule has 2 aromatic carbocycles. The molecule has 0 unspecified atom stereocenters. The van der Waals surface area contributed by atoms with E-state index < -0.39 is 0 Å². The number of aliphatic hydroxyl groups is 1. The van der Waals surface area contributed by atoms with Gasteiger partial charge in [0, 0.05) is 18.2 Å². The maximum atomic E-state index is 11.0. The van der Waals surface area contributed by atoms with Crippen molar-refractivity contribution in [1.29, 1.82) is 0 Å². The number of anilines is 1. The van der Waals surface area contributed by atoms with Crippen molar-refractivity contribution in [3.05, 3.63) is 53.6 Å². The van der Waals surface area contributed by atoms with Crippen molar-refractivity contribution in [2.24, 2.45) is 0 Å². The van der Waals surface area contributed by atoms with Crippen LogP contribution >= 0.6 is 0 Å². The summed E-state index contributed by atoms with van der Waals surface area (Å²) in [6.45, 7) is 1.30. The van der Waals surface area contributed by atoms with E-state index in [1.165, 1.54) is 6.92 Å². The normalized spacial score (nSPS) is 10.1. The molecule has 2 N–H and O–H groups in total. The summed E-state index contributed by atoms with van der Waals surface area (Å²) in [5, 5.41) is 11.8. The number of nitrogens with one attached hydrogen (secondary N) is 1. The largest absolute Gasteiger partial charge is 0.392 e. The number of amides is 1. The van der Waals surface area contributed by atoms with Crippen LogP contribution in [0.1, 0.15) is 22.8 Å². The Labute approximate surface area is 117 Å². The standard InChI is InChI=1S/C16H15NO3/c1-11(20)17-16-6-4-12(5-7-16)13-2-3-14(9-18)15(8-13)10-19/h2-8,10,18H,9H2,1H3,(H,17,20). The zero-order chi connectivity index (χ0) is 14.5. The maximum Gasteiger partial charge on any atom is 0.221 e. The zero-order valence-electron chi connectivity index (χ0n) is 11.1. The summed E-state index contributed by atoms with van der Waals surface area (Å²) in [5.74, 6) is -0.117. The minimum Gasteiger partial charge on any atom is -0.392 e. The van der Waals surface area contributed by atoms with E-state index in [0.29, 0.717) is 11.1 Å². The highest BCUT2D eigenvalue weighted by atomic mass is 16.3. The molecule has 0 aliphatic carbocycles. The molecule has 0 saturated heterocycles. The van der Waals surface area contributed by atoms with Gasteiger partial charge in [-0.3, -0.25) is 9.59 Å². The fourth-order valence-corrected chi connectivity index (χ4v) is 1.98. The molecule has 2 rings (SSSR count). The number of carbonyl (C=O) groups is 2. The second kappa shape index (κ2) is 6.12. The molecule has 2 aromatic rings. The van der Waals surface area contributed by atoms with Crippen LogP contribution in [0.4, 0.5) is 5.69 Å². The van der Waals surface area contributed by atoms with Crippen LogP contribution in [0.15, 0.2) is 42.5 Å². The first-order valence-corrected chi connectivity index (χ1v) is 6.21. The fraction of sp³-hybridized carbons (Fsp3) is 0.125. The van der Waals surface area contributed by atoms with Gasteiger partial charge in [0.15, 0.2) is 0 Å². The van der Waals surface area contributed by atoms with Gasteiger partial charge in [0.1, 0.15) is 6.29 Å². The zero-order valence-corrected chi connectivity index (χ0v) is 11.1. The highest BCUT2D eigenvalue weighted by Crippen LogP contribution is 2.23. The quantitative estimate of drug-likeness (QED) is 0.838. The van der Waals surface area contributed by atoms with Crippen LogP contribution in [0.25, 0.3) is 11.1 Å². The molecule has 0 aromatic heterocycles. The summed E-state index contributed by atoms with van der Waals surface area (Å²) in [5.41, 5.74) is 3.64. The van der Waals surface area contributed by atoms with Crippen molar-refractivity contribution in [2.75, 3.05) is 5.32 Å². The number of hydrogen-bond acceptors (Lipinski definition) is 3. The van der Waals surface area contributed by atoms with Gasteiger partial charge in [0.05, 0.1) is 6.61 Å². The SMILES string of the molecule is CC(=O)Nc1ccc(-c2ccc(CO)c(C=O)c2)cc1. The molecule has 0 bridgehead atoms. The molecule has 0 aliphatic heterocycles. The van der Waals surface area contributed by atoms with Gasteiger partial charge in [0.2, 0.25) is 5.91 Å². The molecule has 1 amide bonds. The van der Waals surface area contributed by atoms with E-state index in [1.807, 2.05) is 18.2 Å². The third-order valence-corrected chi connectivity index (χ3v) is 2.98. The van der Waals surface area contributed by atoms with Crippen molar-refractivity contribution < 1.29 is 14.7 Å². The Bertz CT molecular complexity index is 633. The number of hydrogen-bond donors (Lipinski definition) is 2. The van der Waals surface area contributed by atoms with E-state index >= 15 is 0 Å². The fourth-order valence-electron chi connectivity index (χ4n) is 1.98. The van der Waals surface area contributed by atoms with Gasteiger partial charge >= 0.3 is 0 Å². The second-order valence-corrected chi connectivity index (χ2v) is 4.45. The minimum absolute atomic E-state index is 0.117. The van der Waals surface area contributed by atoms with E-state index in [2.05, 4.69) is 5.32 Å².